The van der Waals surface area contributed by atoms with Gasteiger partial charge in [-0.05, 0) is 31.0 Å². The zero-order valence-electron chi connectivity index (χ0n) is 10.6. The van der Waals surface area contributed by atoms with Gasteiger partial charge in [-0.15, -0.1) is 0 Å². The van der Waals surface area contributed by atoms with Gasteiger partial charge in [-0.25, -0.2) is 4.79 Å². The van der Waals surface area contributed by atoms with Crippen LogP contribution >= 0.6 is 0 Å². The minimum absolute atomic E-state index is 0.200. The Hall–Kier alpha value is -1.88. The van der Waals surface area contributed by atoms with Crippen LogP contribution in [0.4, 0.5) is 5.69 Å². The van der Waals surface area contributed by atoms with Crippen molar-refractivity contribution in [1.29, 1.82) is 0 Å². The second kappa shape index (κ2) is 6.76. The maximum atomic E-state index is 11.7. The number of benzene rings is 1. The van der Waals surface area contributed by atoms with Gasteiger partial charge in [0.1, 0.15) is 0 Å². The number of hydrogen-bond donors (Lipinski definition) is 2. The van der Waals surface area contributed by atoms with Gasteiger partial charge in [-0.3, -0.25) is 4.79 Å². The number of nitrogens with one attached hydrogen (secondary N) is 1. The molecule has 98 valence electrons. The standard InChI is InChI=1S/C13H18N2O3/c1-3-9-6-5-7-10(8-9)15-12(16)11(14)13(17)18-4-2/h5-8,11H,3-4,14H2,1-2H3,(H,15,16). The van der Waals surface area contributed by atoms with Crippen molar-refractivity contribution < 1.29 is 14.3 Å². The highest BCUT2D eigenvalue weighted by Crippen LogP contribution is 2.11. The van der Waals surface area contributed by atoms with Crippen molar-refractivity contribution in [2.75, 3.05) is 11.9 Å². The zero-order valence-corrected chi connectivity index (χ0v) is 10.6. The van der Waals surface area contributed by atoms with Crippen molar-refractivity contribution in [3.05, 3.63) is 29.8 Å². The van der Waals surface area contributed by atoms with Gasteiger partial charge in [0.15, 0.2) is 6.04 Å². The molecule has 5 heteroatoms. The van der Waals surface area contributed by atoms with Gasteiger partial charge in [0, 0.05) is 5.69 Å². The lowest BCUT2D eigenvalue weighted by Gasteiger charge is -2.11. The molecule has 1 aromatic rings. The Labute approximate surface area is 106 Å². The number of rotatable bonds is 5. The van der Waals surface area contributed by atoms with Gasteiger partial charge in [0.25, 0.3) is 5.91 Å². The van der Waals surface area contributed by atoms with Crippen LogP contribution in [-0.4, -0.2) is 24.5 Å². The maximum Gasteiger partial charge on any atom is 0.332 e. The molecule has 1 aromatic carbocycles. The van der Waals surface area contributed by atoms with Gasteiger partial charge in [0.05, 0.1) is 6.61 Å². The first kappa shape index (κ1) is 14.2. The molecule has 5 nitrogen and oxygen atoms in total. The van der Waals surface area contributed by atoms with Crippen molar-refractivity contribution in [1.82, 2.24) is 0 Å². The summed E-state index contributed by atoms with van der Waals surface area (Å²) < 4.78 is 4.68. The second-order valence-corrected chi connectivity index (χ2v) is 3.77. The topological polar surface area (TPSA) is 81.4 Å². The van der Waals surface area contributed by atoms with E-state index in [2.05, 4.69) is 10.1 Å². The Morgan fingerprint density at radius 2 is 2.11 bits per heavy atom. The molecule has 1 atom stereocenters. The lowest BCUT2D eigenvalue weighted by atomic mass is 10.1. The first-order chi connectivity index (χ1) is 8.58. The predicted octanol–water partition coefficient (Wildman–Crippen LogP) is 1.08. The van der Waals surface area contributed by atoms with Crippen LogP contribution in [0.1, 0.15) is 19.4 Å². The summed E-state index contributed by atoms with van der Waals surface area (Å²) in [6, 6.07) is 6.09. The highest BCUT2D eigenvalue weighted by atomic mass is 16.5. The smallest absolute Gasteiger partial charge is 0.332 e. The number of amides is 1. The molecule has 0 saturated heterocycles. The van der Waals surface area contributed by atoms with Crippen LogP contribution < -0.4 is 11.1 Å². The fourth-order valence-electron chi connectivity index (χ4n) is 1.43. The molecular formula is C13H18N2O3. The van der Waals surface area contributed by atoms with Crippen LogP contribution in [0, 0.1) is 0 Å². The Balaban J connectivity index is 2.66. The third-order valence-corrected chi connectivity index (χ3v) is 2.43. The van der Waals surface area contributed by atoms with Crippen molar-refractivity contribution in [3.8, 4) is 0 Å². The first-order valence-electron chi connectivity index (χ1n) is 5.90. The predicted molar refractivity (Wildman–Crippen MR) is 69.1 cm³/mol. The molecule has 18 heavy (non-hydrogen) atoms. The maximum absolute atomic E-state index is 11.7. The SMILES string of the molecule is CCOC(=O)C(N)C(=O)Nc1cccc(CC)c1. The van der Waals surface area contributed by atoms with Crippen LogP contribution in [0.25, 0.3) is 0 Å². The second-order valence-electron chi connectivity index (χ2n) is 3.77. The van der Waals surface area contributed by atoms with Crippen LogP contribution in [0.5, 0.6) is 0 Å². The van der Waals surface area contributed by atoms with E-state index in [1.165, 1.54) is 0 Å². The average molecular weight is 250 g/mol. The van der Waals surface area contributed by atoms with E-state index in [-0.39, 0.29) is 6.61 Å². The molecule has 0 aliphatic carbocycles. The van der Waals surface area contributed by atoms with E-state index in [0.29, 0.717) is 5.69 Å². The highest BCUT2D eigenvalue weighted by Gasteiger charge is 2.23. The summed E-state index contributed by atoms with van der Waals surface area (Å²) in [4.78, 5) is 23.0. The molecule has 0 spiro atoms. The number of esters is 1. The van der Waals surface area contributed by atoms with E-state index in [0.717, 1.165) is 12.0 Å². The van der Waals surface area contributed by atoms with Gasteiger partial charge in [-0.2, -0.15) is 0 Å². The fourth-order valence-corrected chi connectivity index (χ4v) is 1.43. The molecule has 0 saturated carbocycles. The monoisotopic (exact) mass is 250 g/mol. The van der Waals surface area contributed by atoms with Crippen molar-refractivity contribution >= 4 is 17.6 Å². The third kappa shape index (κ3) is 3.85. The summed E-state index contributed by atoms with van der Waals surface area (Å²) in [5, 5.41) is 2.59. The normalized spacial score (nSPS) is 11.7. The van der Waals surface area contributed by atoms with Crippen molar-refractivity contribution in [3.63, 3.8) is 0 Å². The van der Waals surface area contributed by atoms with Gasteiger partial charge >= 0.3 is 5.97 Å². The van der Waals surface area contributed by atoms with E-state index < -0.39 is 17.9 Å². The van der Waals surface area contributed by atoms with E-state index in [4.69, 9.17) is 5.73 Å². The lowest BCUT2D eigenvalue weighted by molar-refractivity contribution is -0.146. The van der Waals surface area contributed by atoms with Crippen LogP contribution in [0.15, 0.2) is 24.3 Å². The quantitative estimate of drug-likeness (QED) is 0.605. The number of anilines is 1. The summed E-state index contributed by atoms with van der Waals surface area (Å²) in [5.41, 5.74) is 7.20. The molecular weight excluding hydrogens is 232 g/mol. The number of aryl methyl sites for hydroxylation is 1. The molecule has 0 aliphatic rings. The van der Waals surface area contributed by atoms with Crippen LogP contribution in [0.3, 0.4) is 0 Å². The summed E-state index contributed by atoms with van der Waals surface area (Å²) in [5.74, 6) is -1.29. The molecule has 0 radical (unpaired) electrons. The fraction of sp³-hybridized carbons (Fsp3) is 0.385. The Morgan fingerprint density at radius 3 is 2.72 bits per heavy atom. The molecule has 0 heterocycles. The Morgan fingerprint density at radius 1 is 1.39 bits per heavy atom. The summed E-state index contributed by atoms with van der Waals surface area (Å²) in [6.45, 7) is 3.88. The molecule has 1 unspecified atom stereocenters. The molecule has 0 bridgehead atoms. The summed E-state index contributed by atoms with van der Waals surface area (Å²) in [6.07, 6.45) is 0.869. The molecule has 0 fully saturated rings. The number of nitrogens with two attached hydrogens (primary N) is 1. The molecule has 1 rings (SSSR count). The van der Waals surface area contributed by atoms with Crippen molar-refractivity contribution in [2.24, 2.45) is 5.73 Å². The number of hydrogen-bond acceptors (Lipinski definition) is 4. The van der Waals surface area contributed by atoms with Gasteiger partial charge < -0.3 is 15.8 Å². The number of carbonyl (C=O) groups is 2. The number of carbonyl (C=O) groups excluding carboxylic acids is 2. The van der Waals surface area contributed by atoms with E-state index in [1.54, 1.807) is 13.0 Å². The minimum Gasteiger partial charge on any atom is -0.464 e. The minimum atomic E-state index is -1.30. The Kier molecular flexibility index (Phi) is 5.32. The first-order valence-corrected chi connectivity index (χ1v) is 5.90. The molecule has 0 aromatic heterocycles. The van der Waals surface area contributed by atoms with Crippen molar-refractivity contribution in [2.45, 2.75) is 26.3 Å². The highest BCUT2D eigenvalue weighted by molar-refractivity contribution is 6.08. The van der Waals surface area contributed by atoms with Gasteiger partial charge in [0.2, 0.25) is 0 Å². The van der Waals surface area contributed by atoms with Gasteiger partial charge in [-0.1, -0.05) is 19.1 Å². The van der Waals surface area contributed by atoms with E-state index in [9.17, 15) is 9.59 Å². The largest absolute Gasteiger partial charge is 0.464 e. The number of ether oxygens (including phenoxy) is 1. The van der Waals surface area contributed by atoms with E-state index >= 15 is 0 Å². The molecule has 3 N–H and O–H groups in total. The van der Waals surface area contributed by atoms with Crippen LogP contribution in [-0.2, 0) is 20.7 Å². The zero-order chi connectivity index (χ0) is 13.5. The molecule has 0 aliphatic heterocycles. The van der Waals surface area contributed by atoms with E-state index in [1.807, 2.05) is 25.1 Å². The van der Waals surface area contributed by atoms with Crippen LogP contribution in [0.2, 0.25) is 0 Å². The molecule has 1 amide bonds. The third-order valence-electron chi connectivity index (χ3n) is 2.43. The summed E-state index contributed by atoms with van der Waals surface area (Å²) >= 11 is 0. The average Bonchev–Trinajstić information content (AvgIpc) is 2.38. The Bertz CT molecular complexity index is 432. The lowest BCUT2D eigenvalue weighted by Crippen LogP contribution is -2.43. The summed E-state index contributed by atoms with van der Waals surface area (Å²) in [7, 11) is 0.